The molecule has 1 aliphatic heterocycles. The smallest absolute Gasteiger partial charge is 0.271 e. The summed E-state index contributed by atoms with van der Waals surface area (Å²) in [6, 6.07) is 26.7. The van der Waals surface area contributed by atoms with Crippen LogP contribution in [0.5, 0.6) is 0 Å². The van der Waals surface area contributed by atoms with Gasteiger partial charge in [-0.25, -0.2) is 4.99 Å². The van der Waals surface area contributed by atoms with Crippen LogP contribution in [-0.2, 0) is 6.42 Å². The summed E-state index contributed by atoms with van der Waals surface area (Å²) < 4.78 is 4.78. The minimum absolute atomic E-state index is 0.0285. The van der Waals surface area contributed by atoms with Crippen molar-refractivity contribution in [2.24, 2.45) is 4.99 Å². The molecule has 40 heavy (non-hydrogen) atoms. The maximum atomic E-state index is 14.2. The molecule has 2 aromatic heterocycles. The number of aromatic nitrogens is 2. The first kappa shape index (κ1) is 25.1. The number of allylic oxidation sites excluding steroid dienone is 1. The Labute approximate surface area is 241 Å². The van der Waals surface area contributed by atoms with Crippen molar-refractivity contribution >= 4 is 34.7 Å². The van der Waals surface area contributed by atoms with E-state index in [0.29, 0.717) is 14.4 Å². The molecule has 4 nitrogen and oxygen atoms in total. The molecule has 198 valence electrons. The van der Waals surface area contributed by atoms with E-state index in [1.54, 1.807) is 0 Å². The fourth-order valence-electron chi connectivity index (χ4n) is 6.16. The van der Waals surface area contributed by atoms with Crippen LogP contribution in [0.2, 0.25) is 5.02 Å². The van der Waals surface area contributed by atoms with E-state index >= 15 is 0 Å². The molecule has 3 heterocycles. The Bertz CT molecular complexity index is 2020. The number of hydrogen-bond acceptors (Lipinski definition) is 3. The molecular formula is C34H28ClN3OS. The molecule has 0 N–H and O–H groups in total. The highest BCUT2D eigenvalue weighted by Crippen LogP contribution is 2.42. The van der Waals surface area contributed by atoms with Gasteiger partial charge in [0.05, 0.1) is 16.3 Å². The summed E-state index contributed by atoms with van der Waals surface area (Å²) >= 11 is 8.23. The summed E-state index contributed by atoms with van der Waals surface area (Å²) in [5.41, 5.74) is 11.1. The highest BCUT2D eigenvalue weighted by molar-refractivity contribution is 7.07. The fraction of sp³-hybridized carbons (Fsp3) is 0.176. The van der Waals surface area contributed by atoms with Gasteiger partial charge in [-0.2, -0.15) is 0 Å². The van der Waals surface area contributed by atoms with Crippen molar-refractivity contribution in [1.29, 1.82) is 0 Å². The first-order valence-electron chi connectivity index (χ1n) is 13.5. The first-order valence-corrected chi connectivity index (χ1v) is 14.7. The molecule has 1 atom stereocenters. The molecule has 7 rings (SSSR count). The minimum atomic E-state index is -0.282. The van der Waals surface area contributed by atoms with Gasteiger partial charge < -0.3 is 4.57 Å². The number of hydrogen-bond donors (Lipinski definition) is 0. The number of rotatable bonds is 3. The standard InChI is InChI=1S/C34H28ClN3OS/c1-20-12-15-25(16-13-20)37-21(2)18-24(22(37)3)19-30-33(39)38-32(27-10-6-7-11-29(27)35)28-17-14-23-8-4-5-9-26(23)31(28)36-34(38)40-30/h4-13,15-16,18-19,32H,14,17H2,1-3H3. The van der Waals surface area contributed by atoms with E-state index in [2.05, 4.69) is 79.9 Å². The zero-order valence-electron chi connectivity index (χ0n) is 22.6. The molecule has 0 saturated carbocycles. The third-order valence-electron chi connectivity index (χ3n) is 8.12. The lowest BCUT2D eigenvalue weighted by Crippen LogP contribution is -2.38. The van der Waals surface area contributed by atoms with Crippen LogP contribution < -0.4 is 14.9 Å². The second-order valence-corrected chi connectivity index (χ2v) is 12.0. The Morgan fingerprint density at radius 2 is 1.70 bits per heavy atom. The van der Waals surface area contributed by atoms with Gasteiger partial charge in [-0.3, -0.25) is 9.36 Å². The lowest BCUT2D eigenvalue weighted by atomic mass is 9.83. The lowest BCUT2D eigenvalue weighted by molar-refractivity contribution is 0.585. The van der Waals surface area contributed by atoms with E-state index in [1.165, 1.54) is 22.5 Å². The van der Waals surface area contributed by atoms with Gasteiger partial charge in [0, 0.05) is 27.7 Å². The summed E-state index contributed by atoms with van der Waals surface area (Å²) in [4.78, 5) is 20.0. The Hall–Kier alpha value is -3.93. The van der Waals surface area contributed by atoms with Crippen molar-refractivity contribution in [3.63, 3.8) is 0 Å². The van der Waals surface area contributed by atoms with E-state index in [0.717, 1.165) is 57.9 Å². The number of nitrogens with zero attached hydrogens (tertiary/aromatic N) is 3. The average molecular weight is 562 g/mol. The Morgan fingerprint density at radius 1 is 0.950 bits per heavy atom. The number of fused-ring (bicyclic) bond motifs is 3. The molecular weight excluding hydrogens is 534 g/mol. The van der Waals surface area contributed by atoms with Gasteiger partial charge in [0.2, 0.25) is 0 Å². The lowest BCUT2D eigenvalue weighted by Gasteiger charge is -2.31. The second-order valence-electron chi connectivity index (χ2n) is 10.6. The van der Waals surface area contributed by atoms with Crippen LogP contribution in [0.3, 0.4) is 0 Å². The quantitative estimate of drug-likeness (QED) is 0.242. The number of halogens is 1. The molecule has 0 radical (unpaired) electrons. The van der Waals surface area contributed by atoms with Crippen LogP contribution in [0.15, 0.2) is 94.2 Å². The van der Waals surface area contributed by atoms with Crippen LogP contribution in [0, 0.1) is 20.8 Å². The van der Waals surface area contributed by atoms with E-state index in [-0.39, 0.29) is 11.6 Å². The van der Waals surface area contributed by atoms with Crippen LogP contribution in [-0.4, -0.2) is 9.13 Å². The van der Waals surface area contributed by atoms with Crippen LogP contribution in [0.4, 0.5) is 0 Å². The predicted molar refractivity (Wildman–Crippen MR) is 164 cm³/mol. The van der Waals surface area contributed by atoms with Crippen molar-refractivity contribution in [2.45, 2.75) is 39.7 Å². The van der Waals surface area contributed by atoms with Gasteiger partial charge in [0.1, 0.15) is 0 Å². The molecule has 1 aliphatic carbocycles. The summed E-state index contributed by atoms with van der Waals surface area (Å²) in [6.45, 7) is 6.31. The summed E-state index contributed by atoms with van der Waals surface area (Å²) in [6.07, 6.45) is 3.78. The molecule has 0 spiro atoms. The van der Waals surface area contributed by atoms with Crippen molar-refractivity contribution in [3.8, 4) is 5.69 Å². The zero-order valence-corrected chi connectivity index (χ0v) is 24.2. The molecule has 6 heteroatoms. The molecule has 2 aliphatic rings. The van der Waals surface area contributed by atoms with Gasteiger partial charge in [0.25, 0.3) is 5.56 Å². The first-order chi connectivity index (χ1) is 19.4. The monoisotopic (exact) mass is 561 g/mol. The van der Waals surface area contributed by atoms with Crippen molar-refractivity contribution in [1.82, 2.24) is 9.13 Å². The SMILES string of the molecule is Cc1ccc(-n2c(C)cc(C=c3sc4n(c3=O)C(c3ccccc3Cl)C3=C(N=4)c4ccccc4CC3)c2C)cc1. The fourth-order valence-corrected chi connectivity index (χ4v) is 7.39. The van der Waals surface area contributed by atoms with Crippen LogP contribution in [0.1, 0.15) is 51.7 Å². The van der Waals surface area contributed by atoms with E-state index < -0.39 is 0 Å². The van der Waals surface area contributed by atoms with Gasteiger partial charge in [0.15, 0.2) is 4.80 Å². The topological polar surface area (TPSA) is 39.3 Å². The van der Waals surface area contributed by atoms with Crippen molar-refractivity contribution < 1.29 is 0 Å². The summed E-state index contributed by atoms with van der Waals surface area (Å²) in [7, 11) is 0. The summed E-state index contributed by atoms with van der Waals surface area (Å²) in [5.74, 6) is 0. The average Bonchev–Trinajstić information content (AvgIpc) is 3.42. The van der Waals surface area contributed by atoms with Crippen LogP contribution >= 0.6 is 22.9 Å². The van der Waals surface area contributed by atoms with Crippen molar-refractivity contribution in [3.05, 3.63) is 148 Å². The van der Waals surface area contributed by atoms with Gasteiger partial charge in [-0.15, -0.1) is 0 Å². The molecule has 3 aromatic carbocycles. The largest absolute Gasteiger partial charge is 0.318 e. The van der Waals surface area contributed by atoms with Gasteiger partial charge >= 0.3 is 0 Å². The second kappa shape index (κ2) is 9.61. The van der Waals surface area contributed by atoms with E-state index in [4.69, 9.17) is 16.6 Å². The highest BCUT2D eigenvalue weighted by Gasteiger charge is 2.33. The molecule has 5 aromatic rings. The van der Waals surface area contributed by atoms with Gasteiger partial charge in [-0.1, -0.05) is 83.1 Å². The highest BCUT2D eigenvalue weighted by atomic mass is 35.5. The summed E-state index contributed by atoms with van der Waals surface area (Å²) in [5, 5.41) is 0.663. The normalized spacial score (nSPS) is 16.4. The maximum absolute atomic E-state index is 14.2. The molecule has 0 saturated heterocycles. The Kier molecular flexibility index (Phi) is 6.02. The molecule has 0 bridgehead atoms. The zero-order chi connectivity index (χ0) is 27.5. The van der Waals surface area contributed by atoms with Crippen LogP contribution in [0.25, 0.3) is 17.5 Å². The van der Waals surface area contributed by atoms with E-state index in [1.807, 2.05) is 34.9 Å². The Balaban J connectivity index is 1.45. The third-order valence-corrected chi connectivity index (χ3v) is 9.45. The van der Waals surface area contributed by atoms with Gasteiger partial charge in [-0.05, 0) is 86.2 Å². The Morgan fingerprint density at radius 3 is 2.50 bits per heavy atom. The predicted octanol–water partition coefficient (Wildman–Crippen LogP) is 6.69. The third kappa shape index (κ3) is 3.95. The number of aryl methyl sites for hydroxylation is 3. The van der Waals surface area contributed by atoms with E-state index in [9.17, 15) is 4.79 Å². The molecule has 0 fully saturated rings. The number of benzene rings is 3. The maximum Gasteiger partial charge on any atom is 0.271 e. The number of thiazole rings is 1. The molecule has 1 unspecified atom stereocenters. The van der Waals surface area contributed by atoms with Crippen molar-refractivity contribution in [2.75, 3.05) is 0 Å². The molecule has 0 amide bonds. The minimum Gasteiger partial charge on any atom is -0.318 e.